The molecule has 1 aliphatic carbocycles. The van der Waals surface area contributed by atoms with Gasteiger partial charge < -0.3 is 0 Å². The van der Waals surface area contributed by atoms with Gasteiger partial charge in [-0.2, -0.15) is 5.26 Å². The van der Waals surface area contributed by atoms with Crippen molar-refractivity contribution in [1.82, 2.24) is 15.3 Å². The molecule has 1 aromatic heterocycles. The standard InChI is InChI=1S/C14H20N4S/c1-2-14(11-15,18-12-4-5-12)6-3-9-19-13-10-16-7-8-17-13/h7-8,10,12,18H,2-6,9H2,1H3. The molecule has 2 rings (SSSR count). The van der Waals surface area contributed by atoms with E-state index in [2.05, 4.69) is 28.3 Å². The van der Waals surface area contributed by atoms with Crippen LogP contribution in [0, 0.1) is 11.3 Å². The Balaban J connectivity index is 1.74. The molecule has 0 aromatic carbocycles. The van der Waals surface area contributed by atoms with Crippen LogP contribution in [0.1, 0.15) is 39.0 Å². The molecule has 1 atom stereocenters. The quantitative estimate of drug-likeness (QED) is 0.584. The van der Waals surface area contributed by atoms with Crippen LogP contribution in [0.2, 0.25) is 0 Å². The highest BCUT2D eigenvalue weighted by atomic mass is 32.2. The fraction of sp³-hybridized carbons (Fsp3) is 0.643. The number of nitrogens with one attached hydrogen (secondary N) is 1. The van der Waals surface area contributed by atoms with E-state index in [-0.39, 0.29) is 5.54 Å². The molecule has 1 aliphatic rings. The Bertz CT molecular complexity index is 427. The first-order valence-corrected chi connectivity index (χ1v) is 7.84. The molecule has 0 amide bonds. The van der Waals surface area contributed by atoms with Crippen LogP contribution in [0.25, 0.3) is 0 Å². The summed E-state index contributed by atoms with van der Waals surface area (Å²) in [7, 11) is 0. The minimum Gasteiger partial charge on any atom is -0.297 e. The van der Waals surface area contributed by atoms with E-state index < -0.39 is 0 Å². The van der Waals surface area contributed by atoms with Gasteiger partial charge in [0, 0.05) is 18.4 Å². The summed E-state index contributed by atoms with van der Waals surface area (Å²) in [6.07, 6.45) is 10.4. The van der Waals surface area contributed by atoms with Crippen molar-refractivity contribution in [2.45, 2.75) is 55.6 Å². The summed E-state index contributed by atoms with van der Waals surface area (Å²) in [5, 5.41) is 13.9. The molecule has 1 fully saturated rings. The lowest BCUT2D eigenvalue weighted by Crippen LogP contribution is -2.44. The summed E-state index contributed by atoms with van der Waals surface area (Å²) < 4.78 is 0. The van der Waals surface area contributed by atoms with Crippen molar-refractivity contribution in [3.05, 3.63) is 18.6 Å². The zero-order valence-corrected chi connectivity index (χ0v) is 12.1. The van der Waals surface area contributed by atoms with E-state index in [1.807, 2.05) is 0 Å². The van der Waals surface area contributed by atoms with E-state index in [0.29, 0.717) is 6.04 Å². The third-order valence-electron chi connectivity index (χ3n) is 3.41. The molecule has 4 nitrogen and oxygen atoms in total. The van der Waals surface area contributed by atoms with E-state index in [4.69, 9.17) is 0 Å². The molecule has 0 bridgehead atoms. The van der Waals surface area contributed by atoms with Crippen LogP contribution in [0.15, 0.2) is 23.6 Å². The molecule has 1 saturated carbocycles. The number of hydrogen-bond donors (Lipinski definition) is 1. The van der Waals surface area contributed by atoms with Crippen LogP contribution in [0.3, 0.4) is 0 Å². The average molecular weight is 276 g/mol. The van der Waals surface area contributed by atoms with E-state index in [0.717, 1.165) is 30.0 Å². The highest BCUT2D eigenvalue weighted by molar-refractivity contribution is 7.99. The second kappa shape index (κ2) is 6.88. The van der Waals surface area contributed by atoms with Gasteiger partial charge in [0.1, 0.15) is 10.6 Å². The lowest BCUT2D eigenvalue weighted by molar-refractivity contribution is 0.367. The molecular weight excluding hydrogens is 256 g/mol. The molecule has 0 aliphatic heterocycles. The zero-order valence-electron chi connectivity index (χ0n) is 11.3. The van der Waals surface area contributed by atoms with Crippen molar-refractivity contribution in [3.8, 4) is 6.07 Å². The number of thioether (sulfide) groups is 1. The largest absolute Gasteiger partial charge is 0.297 e. The Morgan fingerprint density at radius 1 is 1.53 bits per heavy atom. The molecule has 5 heteroatoms. The van der Waals surface area contributed by atoms with E-state index in [9.17, 15) is 5.26 Å². The van der Waals surface area contributed by atoms with Gasteiger partial charge in [-0.05, 0) is 37.9 Å². The third-order valence-corrected chi connectivity index (χ3v) is 4.41. The number of nitriles is 1. The minimum atomic E-state index is -0.329. The zero-order chi connectivity index (χ0) is 13.6. The topological polar surface area (TPSA) is 61.6 Å². The lowest BCUT2D eigenvalue weighted by atomic mass is 9.92. The lowest BCUT2D eigenvalue weighted by Gasteiger charge is -2.26. The first kappa shape index (κ1) is 14.3. The molecule has 1 N–H and O–H groups in total. The molecular formula is C14H20N4S. The third kappa shape index (κ3) is 4.48. The Kier molecular flexibility index (Phi) is 5.17. The van der Waals surface area contributed by atoms with Gasteiger partial charge in [0.05, 0.1) is 12.3 Å². The predicted octanol–water partition coefficient (Wildman–Crippen LogP) is 2.77. The number of rotatable bonds is 8. The van der Waals surface area contributed by atoms with Crippen molar-refractivity contribution in [2.75, 3.05) is 5.75 Å². The predicted molar refractivity (Wildman–Crippen MR) is 76.8 cm³/mol. The van der Waals surface area contributed by atoms with Gasteiger partial charge >= 0.3 is 0 Å². The minimum absolute atomic E-state index is 0.329. The van der Waals surface area contributed by atoms with Gasteiger partial charge in [-0.3, -0.25) is 10.3 Å². The Morgan fingerprint density at radius 2 is 2.37 bits per heavy atom. The van der Waals surface area contributed by atoms with E-state index >= 15 is 0 Å². The van der Waals surface area contributed by atoms with Crippen molar-refractivity contribution in [3.63, 3.8) is 0 Å². The smallest absolute Gasteiger partial charge is 0.114 e. The van der Waals surface area contributed by atoms with Crippen LogP contribution >= 0.6 is 11.8 Å². The van der Waals surface area contributed by atoms with Crippen molar-refractivity contribution >= 4 is 11.8 Å². The van der Waals surface area contributed by atoms with Crippen molar-refractivity contribution < 1.29 is 0 Å². The number of aromatic nitrogens is 2. The summed E-state index contributed by atoms with van der Waals surface area (Å²) in [6, 6.07) is 3.06. The van der Waals surface area contributed by atoms with E-state index in [1.54, 1.807) is 30.4 Å². The summed E-state index contributed by atoms with van der Waals surface area (Å²) in [4.78, 5) is 8.28. The normalized spacial score (nSPS) is 17.7. The summed E-state index contributed by atoms with van der Waals surface area (Å²) in [5.41, 5.74) is -0.329. The second-order valence-electron chi connectivity index (χ2n) is 4.96. The Labute approximate surface area is 119 Å². The SMILES string of the molecule is CCC(C#N)(CCCSc1cnccn1)NC1CC1. The fourth-order valence-corrected chi connectivity index (χ4v) is 2.82. The molecule has 19 heavy (non-hydrogen) atoms. The molecule has 0 radical (unpaired) electrons. The van der Waals surface area contributed by atoms with Gasteiger partial charge in [0.2, 0.25) is 0 Å². The maximum atomic E-state index is 9.43. The Hall–Kier alpha value is -1.12. The maximum absolute atomic E-state index is 9.43. The molecule has 1 aromatic rings. The average Bonchev–Trinajstić information content (AvgIpc) is 3.27. The highest BCUT2D eigenvalue weighted by Crippen LogP contribution is 2.27. The Morgan fingerprint density at radius 3 is 2.95 bits per heavy atom. The number of nitrogens with zero attached hydrogens (tertiary/aromatic N) is 3. The summed E-state index contributed by atoms with van der Waals surface area (Å²) in [5.74, 6) is 0.981. The summed E-state index contributed by atoms with van der Waals surface area (Å²) in [6.45, 7) is 2.09. The number of hydrogen-bond acceptors (Lipinski definition) is 5. The molecule has 1 unspecified atom stereocenters. The highest BCUT2D eigenvalue weighted by Gasteiger charge is 2.34. The molecule has 1 heterocycles. The molecule has 0 spiro atoms. The van der Waals surface area contributed by atoms with Crippen molar-refractivity contribution in [2.24, 2.45) is 0 Å². The molecule has 0 saturated heterocycles. The van der Waals surface area contributed by atoms with Gasteiger partial charge in [-0.1, -0.05) is 6.92 Å². The maximum Gasteiger partial charge on any atom is 0.114 e. The van der Waals surface area contributed by atoms with Crippen LogP contribution in [-0.4, -0.2) is 27.3 Å². The molecule has 102 valence electrons. The first-order chi connectivity index (χ1) is 9.28. The van der Waals surface area contributed by atoms with Gasteiger partial charge in [-0.15, -0.1) is 11.8 Å². The van der Waals surface area contributed by atoms with Crippen LogP contribution in [0.4, 0.5) is 0 Å². The van der Waals surface area contributed by atoms with Gasteiger partial charge in [0.15, 0.2) is 0 Å². The second-order valence-corrected chi connectivity index (χ2v) is 6.08. The van der Waals surface area contributed by atoms with Gasteiger partial charge in [-0.25, -0.2) is 4.98 Å². The van der Waals surface area contributed by atoms with Gasteiger partial charge in [0.25, 0.3) is 0 Å². The summed E-state index contributed by atoms with van der Waals surface area (Å²) >= 11 is 1.71. The van der Waals surface area contributed by atoms with E-state index in [1.165, 1.54) is 12.8 Å². The van der Waals surface area contributed by atoms with Crippen LogP contribution in [-0.2, 0) is 0 Å². The monoisotopic (exact) mass is 276 g/mol. The fourth-order valence-electron chi connectivity index (χ4n) is 2.05. The first-order valence-electron chi connectivity index (χ1n) is 6.86. The van der Waals surface area contributed by atoms with Crippen LogP contribution < -0.4 is 5.32 Å². The van der Waals surface area contributed by atoms with Crippen LogP contribution in [0.5, 0.6) is 0 Å². The van der Waals surface area contributed by atoms with Crippen molar-refractivity contribution in [1.29, 1.82) is 5.26 Å².